The summed E-state index contributed by atoms with van der Waals surface area (Å²) in [6.07, 6.45) is -7.82. The van der Waals surface area contributed by atoms with Gasteiger partial charge in [-0.3, -0.25) is 4.79 Å². The van der Waals surface area contributed by atoms with E-state index in [9.17, 15) is 45.6 Å². The van der Waals surface area contributed by atoms with Crippen LogP contribution in [-0.4, -0.2) is 127 Å². The first kappa shape index (κ1) is 33.7. The molecule has 0 radical (unpaired) electrons. The minimum atomic E-state index is -1.67. The molecule has 0 aromatic carbocycles. The van der Waals surface area contributed by atoms with Crippen LogP contribution >= 0.6 is 0 Å². The van der Waals surface area contributed by atoms with Gasteiger partial charge in [-0.25, -0.2) is 0 Å². The maximum absolute atomic E-state index is 13.9. The monoisotopic (exact) mass is 642 g/mol. The third-order valence-electron chi connectivity index (χ3n) is 12.9. The predicted molar refractivity (Wildman–Crippen MR) is 154 cm³/mol. The summed E-state index contributed by atoms with van der Waals surface area (Å²) in [7, 11) is 0. The van der Waals surface area contributed by atoms with E-state index in [1.807, 2.05) is 6.92 Å². The van der Waals surface area contributed by atoms with Crippen LogP contribution in [0.3, 0.4) is 0 Å². The highest BCUT2D eigenvalue weighted by Crippen LogP contribution is 2.73. The molecule has 6 rings (SSSR count). The quantitative estimate of drug-likeness (QED) is 0.102. The molecule has 4 saturated carbocycles. The molecule has 1 spiro atoms. The lowest BCUT2D eigenvalue weighted by Crippen LogP contribution is -2.63. The number of aliphatic hydroxyl groups excluding tert-OH is 8. The average molecular weight is 643 g/mol. The molecule has 2 heterocycles. The molecule has 6 fully saturated rings. The molecule has 2 aliphatic heterocycles. The predicted octanol–water partition coefficient (Wildman–Crippen LogP) is -0.762. The fourth-order valence-corrected chi connectivity index (χ4v) is 10.5. The number of carbonyl (C=O) groups is 1. The zero-order valence-electron chi connectivity index (χ0n) is 26.0. The van der Waals surface area contributed by atoms with Crippen molar-refractivity contribution in [1.29, 1.82) is 0 Å². The fourth-order valence-electron chi connectivity index (χ4n) is 10.5. The molecule has 4 aliphatic carbocycles. The normalized spacial score (nSPS) is 54.7. The highest BCUT2D eigenvalue weighted by molar-refractivity contribution is 5.77. The lowest BCUT2D eigenvalue weighted by molar-refractivity contribution is -0.327. The van der Waals surface area contributed by atoms with Crippen LogP contribution in [0.5, 0.6) is 0 Å². The van der Waals surface area contributed by atoms with Crippen LogP contribution in [0.2, 0.25) is 0 Å². The number of carbonyl (C=O) groups excluding carboxylic acids is 1. The Bertz CT molecular complexity index is 1150. The van der Waals surface area contributed by atoms with Crippen LogP contribution < -0.4 is 0 Å². The second kappa shape index (κ2) is 11.7. The molecule has 13 nitrogen and oxygen atoms in total. The molecule has 0 aromatic heterocycles. The van der Waals surface area contributed by atoms with Crippen LogP contribution in [0.15, 0.2) is 12.2 Å². The third-order valence-corrected chi connectivity index (χ3v) is 12.9. The van der Waals surface area contributed by atoms with Crippen molar-refractivity contribution in [2.24, 2.45) is 28.1 Å². The molecule has 256 valence electrons. The number of hydrogen-bond acceptors (Lipinski definition) is 13. The van der Waals surface area contributed by atoms with E-state index in [1.54, 1.807) is 0 Å². The Morgan fingerprint density at radius 3 is 2.00 bits per heavy atom. The maximum atomic E-state index is 13.9. The molecular formula is C32H50O13. The van der Waals surface area contributed by atoms with Gasteiger partial charge in [0.25, 0.3) is 0 Å². The Balaban J connectivity index is 1.20. The van der Waals surface area contributed by atoms with E-state index >= 15 is 0 Å². The van der Waals surface area contributed by atoms with Gasteiger partial charge < -0.3 is 59.8 Å². The highest BCUT2D eigenvalue weighted by atomic mass is 16.7. The Hall–Kier alpha value is -1.23. The van der Waals surface area contributed by atoms with Gasteiger partial charge in [0, 0.05) is 0 Å². The fraction of sp³-hybridized carbons (Fsp3) is 0.906. The first-order chi connectivity index (χ1) is 21.2. The van der Waals surface area contributed by atoms with Crippen molar-refractivity contribution in [3.63, 3.8) is 0 Å². The Labute approximate surface area is 262 Å². The van der Waals surface area contributed by atoms with Gasteiger partial charge in [-0.2, -0.15) is 0 Å². The van der Waals surface area contributed by atoms with Gasteiger partial charge in [-0.1, -0.05) is 19.9 Å². The summed E-state index contributed by atoms with van der Waals surface area (Å²) < 4.78 is 23.4. The molecule has 45 heavy (non-hydrogen) atoms. The van der Waals surface area contributed by atoms with Gasteiger partial charge in [0.2, 0.25) is 6.29 Å². The van der Waals surface area contributed by atoms with Crippen molar-refractivity contribution in [3.05, 3.63) is 12.2 Å². The molecule has 0 amide bonds. The van der Waals surface area contributed by atoms with E-state index in [0.717, 1.165) is 37.7 Å². The van der Waals surface area contributed by atoms with Crippen LogP contribution in [0.4, 0.5) is 0 Å². The van der Waals surface area contributed by atoms with Crippen LogP contribution in [0, 0.1) is 28.1 Å². The molecule has 16 atom stereocenters. The number of fused-ring (bicyclic) bond motifs is 3. The lowest BCUT2D eigenvalue weighted by Gasteiger charge is -2.64. The standard InChI is InChI=1S/C32H50O13/c1-15-11-31-9-5-18-29(2,7-4-8-30(18,3)28(41)44-26-24(39)22(37)20(35)16(12-33)42-26)19(31)6-10-32(15,14-31)45-27-25(40)23(38)21(36)17(13-34)43-27/h16-27,33-40H,1,4-14H2,2-3H3/t16?,17?,18-,19-,20+,21+,22+,23+,24?,25?,26-,27-,29+,30+,31+,32-/m0/s1. The average Bonchev–Trinajstić information content (AvgIpc) is 3.20. The Morgan fingerprint density at radius 2 is 1.38 bits per heavy atom. The maximum Gasteiger partial charge on any atom is 0.314 e. The van der Waals surface area contributed by atoms with Gasteiger partial charge in [0.05, 0.1) is 24.2 Å². The second-order valence-corrected chi connectivity index (χ2v) is 15.2. The summed E-state index contributed by atoms with van der Waals surface area (Å²) in [5, 5.41) is 81.4. The number of ether oxygens (including phenoxy) is 4. The first-order valence-corrected chi connectivity index (χ1v) is 16.3. The summed E-state index contributed by atoms with van der Waals surface area (Å²) in [6, 6.07) is 0. The molecule has 2 saturated heterocycles. The van der Waals surface area contributed by atoms with E-state index in [2.05, 4.69) is 13.5 Å². The van der Waals surface area contributed by atoms with Crippen molar-refractivity contribution in [1.82, 2.24) is 0 Å². The van der Waals surface area contributed by atoms with Crippen molar-refractivity contribution < 1.29 is 64.6 Å². The van der Waals surface area contributed by atoms with Gasteiger partial charge >= 0.3 is 5.97 Å². The third kappa shape index (κ3) is 5.04. The van der Waals surface area contributed by atoms with Gasteiger partial charge in [-0.15, -0.1) is 0 Å². The zero-order valence-corrected chi connectivity index (χ0v) is 26.0. The largest absolute Gasteiger partial charge is 0.432 e. The molecule has 4 unspecified atom stereocenters. The van der Waals surface area contributed by atoms with Gasteiger partial charge in [0.15, 0.2) is 6.29 Å². The SMILES string of the molecule is C=C1C[C@@]23CC[C@H]4[C@@](C)(CCC[C@@]4(C)C(=O)O[C@@H]4OC(CO)[C@@H](O)[C@@H](O)C4O)[C@@H]2CC[C@]1(O[C@@H]1OC(CO)[C@@H](O)[C@@H](O)C1O)C3. The summed E-state index contributed by atoms with van der Waals surface area (Å²) in [4.78, 5) is 13.9. The number of esters is 1. The summed E-state index contributed by atoms with van der Waals surface area (Å²) >= 11 is 0. The molecule has 6 aliphatic rings. The van der Waals surface area contributed by atoms with E-state index in [0.29, 0.717) is 25.7 Å². The van der Waals surface area contributed by atoms with Crippen molar-refractivity contribution in [2.75, 3.05) is 13.2 Å². The summed E-state index contributed by atoms with van der Waals surface area (Å²) in [5.41, 5.74) is -1.20. The number of hydrogen-bond donors (Lipinski definition) is 8. The minimum Gasteiger partial charge on any atom is -0.432 e. The van der Waals surface area contributed by atoms with E-state index in [4.69, 9.17) is 18.9 Å². The van der Waals surface area contributed by atoms with Crippen LogP contribution in [0.25, 0.3) is 0 Å². The van der Waals surface area contributed by atoms with Gasteiger partial charge in [-0.05, 0) is 86.5 Å². The van der Waals surface area contributed by atoms with Crippen molar-refractivity contribution >= 4 is 5.97 Å². The summed E-state index contributed by atoms with van der Waals surface area (Å²) in [6.45, 7) is 7.41. The molecule has 8 N–H and O–H groups in total. The highest BCUT2D eigenvalue weighted by Gasteiger charge is 2.69. The van der Waals surface area contributed by atoms with Crippen molar-refractivity contribution in [3.8, 4) is 0 Å². The lowest BCUT2D eigenvalue weighted by atomic mass is 9.41. The van der Waals surface area contributed by atoms with Crippen molar-refractivity contribution in [2.45, 2.75) is 139 Å². The smallest absolute Gasteiger partial charge is 0.314 e. The van der Waals surface area contributed by atoms with E-state index < -0.39 is 91.6 Å². The van der Waals surface area contributed by atoms with E-state index in [-0.39, 0.29) is 22.7 Å². The molecular weight excluding hydrogens is 592 g/mol. The van der Waals surface area contributed by atoms with E-state index in [1.165, 1.54) is 0 Å². The Morgan fingerprint density at radius 1 is 0.800 bits per heavy atom. The van der Waals surface area contributed by atoms with Crippen LogP contribution in [-0.2, 0) is 23.7 Å². The Kier molecular flexibility index (Phi) is 8.77. The topological polar surface area (TPSA) is 216 Å². The summed E-state index contributed by atoms with van der Waals surface area (Å²) in [5.74, 6) is -0.348. The van der Waals surface area contributed by atoms with Crippen LogP contribution in [0.1, 0.15) is 71.6 Å². The first-order valence-electron chi connectivity index (χ1n) is 16.3. The van der Waals surface area contributed by atoms with Gasteiger partial charge in [0.1, 0.15) is 48.8 Å². The zero-order chi connectivity index (χ0) is 32.7. The molecule has 2 bridgehead atoms. The number of rotatable bonds is 6. The molecule has 0 aromatic rings. The number of aliphatic hydroxyl groups is 8. The second-order valence-electron chi connectivity index (χ2n) is 15.2. The molecule has 13 heteroatoms. The minimum absolute atomic E-state index is 0.0421.